The molecule has 4 rings (SSSR count). The van der Waals surface area contributed by atoms with Crippen LogP contribution in [0.5, 0.6) is 5.75 Å². The van der Waals surface area contributed by atoms with E-state index in [1.165, 1.54) is 11.1 Å². The lowest BCUT2D eigenvalue weighted by Crippen LogP contribution is -2.17. The number of ether oxygens (including phenoxy) is 1. The molecule has 0 spiro atoms. The van der Waals surface area contributed by atoms with Gasteiger partial charge in [-0.3, -0.25) is 0 Å². The lowest BCUT2D eigenvalue weighted by molar-refractivity contribution is 0.0684. The third-order valence-electron chi connectivity index (χ3n) is 5.78. The molecule has 0 amide bonds. The van der Waals surface area contributed by atoms with Crippen molar-refractivity contribution in [1.29, 1.82) is 0 Å². The van der Waals surface area contributed by atoms with Crippen molar-refractivity contribution in [2.24, 2.45) is 0 Å². The van der Waals surface area contributed by atoms with Crippen molar-refractivity contribution in [2.45, 2.75) is 33.5 Å². The Morgan fingerprint density at radius 1 is 0.906 bits per heavy atom. The zero-order valence-electron chi connectivity index (χ0n) is 18.7. The lowest BCUT2D eigenvalue weighted by atomic mass is 10.1. The third kappa shape index (κ3) is 4.53. The third-order valence-corrected chi connectivity index (χ3v) is 5.78. The van der Waals surface area contributed by atoms with Gasteiger partial charge in [-0.2, -0.15) is 0 Å². The molecule has 0 aliphatic rings. The Morgan fingerprint density at radius 3 is 2.22 bits per heavy atom. The molecule has 0 atom stereocenters. The molecule has 5 nitrogen and oxygen atoms in total. The lowest BCUT2D eigenvalue weighted by Gasteiger charge is -2.11. The van der Waals surface area contributed by atoms with Crippen LogP contribution in [0.25, 0.3) is 10.9 Å². The van der Waals surface area contributed by atoms with Crippen molar-refractivity contribution in [1.82, 2.24) is 9.88 Å². The molecule has 0 aliphatic heterocycles. The predicted octanol–water partition coefficient (Wildman–Crippen LogP) is 5.30. The molecule has 0 aliphatic carbocycles. The molecular weight excluding hydrogens is 400 g/mol. The van der Waals surface area contributed by atoms with Crippen molar-refractivity contribution in [3.8, 4) is 5.75 Å². The number of nitrogens with zero attached hydrogens (tertiary/aromatic N) is 1. The number of carboxylic acid groups (broad SMARTS) is 1. The van der Waals surface area contributed by atoms with Crippen LogP contribution in [0.1, 0.15) is 38.3 Å². The van der Waals surface area contributed by atoms with E-state index in [-0.39, 0.29) is 0 Å². The van der Waals surface area contributed by atoms with Gasteiger partial charge in [-0.15, -0.1) is 0 Å². The van der Waals surface area contributed by atoms with Crippen molar-refractivity contribution in [3.63, 3.8) is 0 Å². The second kappa shape index (κ2) is 9.28. The molecule has 3 aromatic carbocycles. The highest BCUT2D eigenvalue weighted by Crippen LogP contribution is 2.29. The molecule has 0 unspecified atom stereocenters. The van der Waals surface area contributed by atoms with Gasteiger partial charge in [0.15, 0.2) is 0 Å². The van der Waals surface area contributed by atoms with Gasteiger partial charge in [0.1, 0.15) is 11.4 Å². The summed E-state index contributed by atoms with van der Waals surface area (Å²) in [6, 6.07) is 22.2. The first-order valence-electron chi connectivity index (χ1n) is 10.7. The van der Waals surface area contributed by atoms with Crippen LogP contribution in [0, 0.1) is 13.8 Å². The van der Waals surface area contributed by atoms with Gasteiger partial charge in [0.2, 0.25) is 0 Å². The van der Waals surface area contributed by atoms with Gasteiger partial charge in [-0.1, -0.05) is 54.1 Å². The Kier molecular flexibility index (Phi) is 6.28. The summed E-state index contributed by atoms with van der Waals surface area (Å²) in [5, 5.41) is 14.6. The summed E-state index contributed by atoms with van der Waals surface area (Å²) < 4.78 is 7.16. The van der Waals surface area contributed by atoms with Crippen molar-refractivity contribution < 1.29 is 14.6 Å². The molecule has 0 fully saturated rings. The summed E-state index contributed by atoms with van der Waals surface area (Å²) in [7, 11) is 1.63. The van der Waals surface area contributed by atoms with E-state index in [4.69, 9.17) is 4.74 Å². The van der Waals surface area contributed by atoms with E-state index in [1.54, 1.807) is 7.11 Å². The van der Waals surface area contributed by atoms with Crippen LogP contribution >= 0.6 is 0 Å². The molecule has 0 saturated carbocycles. The molecule has 0 radical (unpaired) electrons. The fraction of sp³-hybridized carbons (Fsp3) is 0.222. The monoisotopic (exact) mass is 428 g/mol. The average molecular weight is 429 g/mol. The van der Waals surface area contributed by atoms with Gasteiger partial charge in [0, 0.05) is 36.1 Å². The van der Waals surface area contributed by atoms with Crippen LogP contribution in [-0.2, 0) is 19.6 Å². The molecule has 0 saturated heterocycles. The van der Waals surface area contributed by atoms with Crippen molar-refractivity contribution >= 4 is 16.9 Å². The van der Waals surface area contributed by atoms with Gasteiger partial charge < -0.3 is 19.7 Å². The van der Waals surface area contributed by atoms with Crippen LogP contribution in [0.3, 0.4) is 0 Å². The minimum Gasteiger partial charge on any atom is -0.497 e. The Balaban J connectivity index is 1.70. The maximum Gasteiger partial charge on any atom is 0.352 e. The van der Waals surface area contributed by atoms with Crippen LogP contribution in [0.15, 0.2) is 66.7 Å². The number of fused-ring (bicyclic) bond motifs is 1. The van der Waals surface area contributed by atoms with E-state index in [0.717, 1.165) is 33.3 Å². The highest BCUT2D eigenvalue weighted by Gasteiger charge is 2.22. The summed E-state index contributed by atoms with van der Waals surface area (Å²) in [5.41, 5.74) is 6.59. The Morgan fingerprint density at radius 2 is 1.56 bits per heavy atom. The number of aryl methyl sites for hydroxylation is 2. The van der Waals surface area contributed by atoms with E-state index in [2.05, 4.69) is 42.6 Å². The second-order valence-corrected chi connectivity index (χ2v) is 8.18. The van der Waals surface area contributed by atoms with Gasteiger partial charge in [-0.25, -0.2) is 4.79 Å². The van der Waals surface area contributed by atoms with Crippen LogP contribution in [0.2, 0.25) is 0 Å². The van der Waals surface area contributed by atoms with Crippen LogP contribution in [-0.4, -0.2) is 22.8 Å². The van der Waals surface area contributed by atoms with Gasteiger partial charge >= 0.3 is 5.97 Å². The molecule has 1 aromatic heterocycles. The summed E-state index contributed by atoms with van der Waals surface area (Å²) in [4.78, 5) is 12.4. The molecule has 0 bridgehead atoms. The second-order valence-electron chi connectivity index (χ2n) is 8.18. The molecule has 4 aromatic rings. The predicted molar refractivity (Wildman–Crippen MR) is 127 cm³/mol. The number of rotatable bonds is 8. The summed E-state index contributed by atoms with van der Waals surface area (Å²) in [6.45, 7) is 5.72. The zero-order chi connectivity index (χ0) is 22.7. The quantitative estimate of drug-likeness (QED) is 0.400. The van der Waals surface area contributed by atoms with E-state index in [9.17, 15) is 9.90 Å². The molecular formula is C27H28N2O3. The van der Waals surface area contributed by atoms with Crippen molar-refractivity contribution in [3.05, 3.63) is 100 Å². The number of aromatic nitrogens is 1. The van der Waals surface area contributed by atoms with Gasteiger partial charge in [0.05, 0.1) is 7.11 Å². The minimum atomic E-state index is -0.917. The SMILES string of the molecule is COc1ccc(Cn2c(C(=O)O)c(CNCc3ccc(C)cc3)c3ccc(C)cc32)cc1. The number of nitrogens with one attached hydrogen (secondary N) is 1. The number of methoxy groups -OCH3 is 1. The normalized spacial score (nSPS) is 11.1. The molecule has 32 heavy (non-hydrogen) atoms. The standard InChI is InChI=1S/C27H28N2O3/c1-18-4-7-20(8-5-18)15-28-16-24-23-13-6-19(2)14-25(23)29(26(24)27(30)31)17-21-9-11-22(32-3)12-10-21/h4-14,28H,15-17H2,1-3H3,(H,30,31). The molecule has 5 heteroatoms. The van der Waals surface area contributed by atoms with Crippen LogP contribution < -0.4 is 10.1 Å². The van der Waals surface area contributed by atoms with Gasteiger partial charge in [-0.05, 0) is 48.7 Å². The number of carboxylic acids is 1. The number of hydrogen-bond donors (Lipinski definition) is 2. The molecule has 2 N–H and O–H groups in total. The fourth-order valence-corrected chi connectivity index (χ4v) is 4.07. The maximum atomic E-state index is 12.4. The Labute approximate surface area is 188 Å². The molecule has 164 valence electrons. The summed E-state index contributed by atoms with van der Waals surface area (Å²) >= 11 is 0. The highest BCUT2D eigenvalue weighted by atomic mass is 16.5. The first kappa shape index (κ1) is 21.7. The average Bonchev–Trinajstić information content (AvgIpc) is 3.08. The first-order chi connectivity index (χ1) is 15.5. The van der Waals surface area contributed by atoms with Gasteiger partial charge in [0.25, 0.3) is 0 Å². The van der Waals surface area contributed by atoms with Crippen LogP contribution in [0.4, 0.5) is 0 Å². The smallest absolute Gasteiger partial charge is 0.352 e. The number of benzene rings is 3. The van der Waals surface area contributed by atoms with E-state index >= 15 is 0 Å². The van der Waals surface area contributed by atoms with E-state index in [0.29, 0.717) is 25.3 Å². The first-order valence-corrected chi connectivity index (χ1v) is 10.7. The number of carbonyl (C=O) groups is 1. The topological polar surface area (TPSA) is 63.5 Å². The van der Waals surface area contributed by atoms with Crippen molar-refractivity contribution in [2.75, 3.05) is 7.11 Å². The Hall–Kier alpha value is -3.57. The number of hydrogen-bond acceptors (Lipinski definition) is 3. The fourth-order valence-electron chi connectivity index (χ4n) is 4.07. The van der Waals surface area contributed by atoms with E-state index in [1.807, 2.05) is 47.9 Å². The molecule has 1 heterocycles. The summed E-state index contributed by atoms with van der Waals surface area (Å²) in [5.74, 6) is -0.138. The highest BCUT2D eigenvalue weighted by molar-refractivity contribution is 5.98. The van der Waals surface area contributed by atoms with E-state index < -0.39 is 5.97 Å². The largest absolute Gasteiger partial charge is 0.497 e. The summed E-state index contributed by atoms with van der Waals surface area (Å²) in [6.07, 6.45) is 0. The zero-order valence-corrected chi connectivity index (χ0v) is 18.7. The number of aromatic carboxylic acids is 1. The Bertz CT molecular complexity index is 1240. The minimum absolute atomic E-state index is 0.331. The maximum absolute atomic E-state index is 12.4.